The lowest BCUT2D eigenvalue weighted by Gasteiger charge is -2.34. The van der Waals surface area contributed by atoms with Crippen molar-refractivity contribution in [3.8, 4) is 0 Å². The molecule has 0 saturated heterocycles. The van der Waals surface area contributed by atoms with Gasteiger partial charge in [-0.15, -0.1) is 0 Å². The molecule has 0 bridgehead atoms. The molecule has 0 N–H and O–H groups in total. The first-order valence-electron chi connectivity index (χ1n) is 9.90. The van der Waals surface area contributed by atoms with Gasteiger partial charge in [-0.1, -0.05) is 30.3 Å². The molecule has 1 aliphatic rings. The number of hydrogen-bond donors (Lipinski definition) is 0. The number of methoxy groups -OCH3 is 1. The summed E-state index contributed by atoms with van der Waals surface area (Å²) < 4.78 is 17.5. The zero-order valence-electron chi connectivity index (χ0n) is 18.4. The molecule has 1 amide bonds. The monoisotopic (exact) mass is 429 g/mol. The van der Waals surface area contributed by atoms with E-state index in [-0.39, 0.29) is 30.2 Å². The summed E-state index contributed by atoms with van der Waals surface area (Å²) in [6.45, 7) is 5.25. The van der Waals surface area contributed by atoms with Crippen LogP contribution in [0, 0.1) is 0 Å². The summed E-state index contributed by atoms with van der Waals surface area (Å²) >= 11 is 0. The standard InChI is InChI=1S/C22H27N3O6/c1-22(2,3)31-21(28)25-11-16(26)17-15(13-30-12-14-9-7-6-8-10-14)23-24(4)18(17)19(25)20(27)29-5/h6-10,19H,11-13H2,1-5H3. The van der Waals surface area contributed by atoms with Gasteiger partial charge < -0.3 is 14.2 Å². The number of carbonyl (C=O) groups is 3. The number of amides is 1. The summed E-state index contributed by atoms with van der Waals surface area (Å²) in [5.74, 6) is -1.02. The summed E-state index contributed by atoms with van der Waals surface area (Å²) in [5.41, 5.74) is 1.18. The van der Waals surface area contributed by atoms with Gasteiger partial charge >= 0.3 is 12.1 Å². The number of benzene rings is 1. The maximum absolute atomic E-state index is 13.0. The van der Waals surface area contributed by atoms with Crippen LogP contribution in [-0.4, -0.2) is 51.8 Å². The van der Waals surface area contributed by atoms with Gasteiger partial charge in [-0.05, 0) is 26.3 Å². The van der Waals surface area contributed by atoms with E-state index in [1.807, 2.05) is 30.3 Å². The highest BCUT2D eigenvalue weighted by atomic mass is 16.6. The predicted molar refractivity (Wildman–Crippen MR) is 110 cm³/mol. The second-order valence-electron chi connectivity index (χ2n) is 8.27. The Morgan fingerprint density at radius 1 is 1.16 bits per heavy atom. The van der Waals surface area contributed by atoms with Crippen molar-refractivity contribution in [2.45, 2.75) is 45.6 Å². The molecule has 1 unspecified atom stereocenters. The molecule has 1 atom stereocenters. The largest absolute Gasteiger partial charge is 0.467 e. The number of hydrogen-bond acceptors (Lipinski definition) is 7. The van der Waals surface area contributed by atoms with Crippen LogP contribution in [-0.2, 0) is 39.3 Å². The number of nitrogens with zero attached hydrogens (tertiary/aromatic N) is 3. The van der Waals surface area contributed by atoms with Crippen molar-refractivity contribution in [1.29, 1.82) is 0 Å². The predicted octanol–water partition coefficient (Wildman–Crippen LogP) is 2.78. The van der Waals surface area contributed by atoms with Gasteiger partial charge in [0.25, 0.3) is 0 Å². The highest BCUT2D eigenvalue weighted by Crippen LogP contribution is 2.34. The Morgan fingerprint density at radius 2 is 1.84 bits per heavy atom. The third kappa shape index (κ3) is 4.93. The number of aromatic nitrogens is 2. The number of ether oxygens (including phenoxy) is 3. The van der Waals surface area contributed by atoms with Crippen molar-refractivity contribution in [1.82, 2.24) is 14.7 Å². The fourth-order valence-corrected chi connectivity index (χ4v) is 3.47. The SMILES string of the molecule is COC(=O)C1c2c(c(COCc3ccccc3)nn2C)C(=O)CN1C(=O)OC(C)(C)C. The minimum atomic E-state index is -1.15. The Hall–Kier alpha value is -3.20. The molecule has 166 valence electrons. The third-order valence-corrected chi connectivity index (χ3v) is 4.73. The molecule has 0 aliphatic carbocycles. The molecule has 0 radical (unpaired) electrons. The van der Waals surface area contributed by atoms with Crippen LogP contribution in [0.25, 0.3) is 0 Å². The van der Waals surface area contributed by atoms with Gasteiger partial charge in [-0.25, -0.2) is 9.59 Å². The van der Waals surface area contributed by atoms with Gasteiger partial charge in [0.1, 0.15) is 5.60 Å². The van der Waals surface area contributed by atoms with Crippen LogP contribution in [0.2, 0.25) is 0 Å². The van der Waals surface area contributed by atoms with Crippen molar-refractivity contribution in [2.75, 3.05) is 13.7 Å². The molecule has 0 saturated carbocycles. The van der Waals surface area contributed by atoms with Gasteiger partial charge in [0.2, 0.25) is 0 Å². The lowest BCUT2D eigenvalue weighted by molar-refractivity contribution is -0.147. The first-order chi connectivity index (χ1) is 14.6. The van der Waals surface area contributed by atoms with E-state index in [0.29, 0.717) is 12.3 Å². The number of carbonyl (C=O) groups excluding carboxylic acids is 3. The number of rotatable bonds is 5. The van der Waals surface area contributed by atoms with Crippen LogP contribution in [0.15, 0.2) is 30.3 Å². The Morgan fingerprint density at radius 3 is 2.45 bits per heavy atom. The van der Waals surface area contributed by atoms with E-state index < -0.39 is 23.7 Å². The maximum Gasteiger partial charge on any atom is 0.411 e. The lowest BCUT2D eigenvalue weighted by Crippen LogP contribution is -2.48. The van der Waals surface area contributed by atoms with Gasteiger partial charge in [0.05, 0.1) is 43.8 Å². The fourth-order valence-electron chi connectivity index (χ4n) is 3.47. The van der Waals surface area contributed by atoms with E-state index in [1.165, 1.54) is 11.8 Å². The topological polar surface area (TPSA) is 100.0 Å². The van der Waals surface area contributed by atoms with Gasteiger partial charge in [0, 0.05) is 7.05 Å². The third-order valence-electron chi connectivity index (χ3n) is 4.73. The van der Waals surface area contributed by atoms with Crippen LogP contribution in [0.1, 0.15) is 54.1 Å². The van der Waals surface area contributed by atoms with Crippen LogP contribution in [0.4, 0.5) is 4.79 Å². The first-order valence-corrected chi connectivity index (χ1v) is 9.90. The average Bonchev–Trinajstić information content (AvgIpc) is 3.03. The summed E-state index contributed by atoms with van der Waals surface area (Å²) in [6.07, 6.45) is -0.773. The molecular formula is C22H27N3O6. The first kappa shape index (κ1) is 22.5. The highest BCUT2D eigenvalue weighted by molar-refractivity contribution is 6.05. The average molecular weight is 429 g/mol. The number of aryl methyl sites for hydroxylation is 1. The lowest BCUT2D eigenvalue weighted by atomic mass is 9.96. The number of fused-ring (bicyclic) bond motifs is 1. The quantitative estimate of drug-likeness (QED) is 0.674. The Balaban J connectivity index is 1.90. The fraction of sp³-hybridized carbons (Fsp3) is 0.455. The molecule has 31 heavy (non-hydrogen) atoms. The number of esters is 1. The van der Waals surface area contributed by atoms with Crippen LogP contribution in [0.3, 0.4) is 0 Å². The smallest absolute Gasteiger partial charge is 0.411 e. The second-order valence-corrected chi connectivity index (χ2v) is 8.27. The van der Waals surface area contributed by atoms with Gasteiger partial charge in [0.15, 0.2) is 11.8 Å². The highest BCUT2D eigenvalue weighted by Gasteiger charge is 2.45. The summed E-state index contributed by atoms with van der Waals surface area (Å²) in [5, 5.41) is 4.39. The zero-order chi connectivity index (χ0) is 22.8. The molecule has 1 aromatic heterocycles. The molecule has 1 aromatic carbocycles. The van der Waals surface area contributed by atoms with E-state index in [4.69, 9.17) is 14.2 Å². The van der Waals surface area contributed by atoms with E-state index >= 15 is 0 Å². The molecule has 2 aromatic rings. The van der Waals surface area contributed by atoms with Crippen LogP contribution in [0.5, 0.6) is 0 Å². The van der Waals surface area contributed by atoms with Crippen molar-refractivity contribution >= 4 is 17.8 Å². The molecule has 2 heterocycles. The summed E-state index contributed by atoms with van der Waals surface area (Å²) in [7, 11) is 2.84. The number of ketones is 1. The van der Waals surface area contributed by atoms with Crippen molar-refractivity contribution in [2.24, 2.45) is 7.05 Å². The molecule has 0 spiro atoms. The molecule has 0 fully saturated rings. The van der Waals surface area contributed by atoms with Crippen molar-refractivity contribution in [3.05, 3.63) is 52.8 Å². The summed E-state index contributed by atoms with van der Waals surface area (Å²) in [4.78, 5) is 39.4. The molecule has 1 aliphatic heterocycles. The van der Waals surface area contributed by atoms with E-state index in [1.54, 1.807) is 27.8 Å². The van der Waals surface area contributed by atoms with E-state index in [9.17, 15) is 14.4 Å². The molecule has 3 rings (SSSR count). The second kappa shape index (κ2) is 8.89. The summed E-state index contributed by atoms with van der Waals surface area (Å²) in [6, 6.07) is 8.47. The Kier molecular flexibility index (Phi) is 6.45. The van der Waals surface area contributed by atoms with Gasteiger partial charge in [-0.3, -0.25) is 14.4 Å². The minimum absolute atomic E-state index is 0.0874. The van der Waals surface area contributed by atoms with E-state index in [2.05, 4.69) is 5.10 Å². The zero-order valence-corrected chi connectivity index (χ0v) is 18.4. The van der Waals surface area contributed by atoms with Crippen molar-refractivity contribution < 1.29 is 28.6 Å². The Bertz CT molecular complexity index is 977. The van der Waals surface area contributed by atoms with Crippen molar-refractivity contribution in [3.63, 3.8) is 0 Å². The minimum Gasteiger partial charge on any atom is -0.467 e. The van der Waals surface area contributed by atoms with Crippen LogP contribution >= 0.6 is 0 Å². The van der Waals surface area contributed by atoms with Crippen LogP contribution < -0.4 is 0 Å². The Labute approximate surface area is 180 Å². The molecular weight excluding hydrogens is 402 g/mol. The molecule has 9 nitrogen and oxygen atoms in total. The molecule has 9 heteroatoms. The van der Waals surface area contributed by atoms with Gasteiger partial charge in [-0.2, -0.15) is 5.10 Å². The van der Waals surface area contributed by atoms with E-state index in [0.717, 1.165) is 10.5 Å². The normalized spacial score (nSPS) is 16.1. The maximum atomic E-state index is 13.0. The number of Topliss-reactive ketones (excluding diaryl/α,β-unsaturated/α-hetero) is 1.